The van der Waals surface area contributed by atoms with Crippen molar-refractivity contribution in [2.75, 3.05) is 11.4 Å². The van der Waals surface area contributed by atoms with Gasteiger partial charge in [0.05, 0.1) is 18.1 Å². The van der Waals surface area contributed by atoms with E-state index in [-0.39, 0.29) is 0 Å². The van der Waals surface area contributed by atoms with Crippen LogP contribution in [0, 0.1) is 6.92 Å². The molecule has 0 fully saturated rings. The number of carbonyl (C=O) groups is 1. The Kier molecular flexibility index (Phi) is 8.16. The molecule has 0 spiro atoms. The number of nitrogens with zero attached hydrogens (tertiary/aromatic N) is 3. The third kappa shape index (κ3) is 6.28. The van der Waals surface area contributed by atoms with Gasteiger partial charge < -0.3 is 10.6 Å². The average molecular weight is 435 g/mol. The van der Waals surface area contributed by atoms with Crippen LogP contribution in [0.2, 0.25) is 0 Å². The quantitative estimate of drug-likeness (QED) is 0.369. The highest BCUT2D eigenvalue weighted by molar-refractivity contribution is 5.65. The minimum atomic E-state index is -0.490. The molecule has 0 saturated heterocycles. The summed E-state index contributed by atoms with van der Waals surface area (Å²) in [7, 11) is 0. The van der Waals surface area contributed by atoms with Gasteiger partial charge in [-0.2, -0.15) is 0 Å². The van der Waals surface area contributed by atoms with Crippen LogP contribution in [0.1, 0.15) is 43.4 Å². The molecule has 2 N–H and O–H groups in total. The van der Waals surface area contributed by atoms with Crippen molar-refractivity contribution in [1.82, 2.24) is 9.97 Å². The number of aryl methyl sites for hydroxylation is 1. The Morgan fingerprint density at radius 1 is 1.09 bits per heavy atom. The van der Waals surface area contributed by atoms with E-state index in [9.17, 15) is 4.79 Å². The van der Waals surface area contributed by atoms with Crippen LogP contribution in [0.5, 0.6) is 5.75 Å². The summed E-state index contributed by atoms with van der Waals surface area (Å²) in [6, 6.07) is 13.9. The maximum Gasteiger partial charge on any atom is 0.352 e. The number of anilines is 1. The standard InChI is InChI=1S/C25H30N4O3/c1-4-5-12-29(17-21-8-11-24(18(2)13-21)32-31-19(3)30)25-16-27-15-23(28-25)22-9-6-20(14-26)7-10-22/h6-11,13,15-16H,4-5,12,14,17,26H2,1-3H3. The molecule has 0 aliphatic carbocycles. The van der Waals surface area contributed by atoms with Crippen LogP contribution in [0.3, 0.4) is 0 Å². The molecule has 1 heterocycles. The Hall–Kier alpha value is -3.45. The Balaban J connectivity index is 1.82. The molecule has 3 rings (SSSR count). The SMILES string of the molecule is CCCCN(Cc1ccc(OOC(C)=O)c(C)c1)c1cncc(-c2ccc(CN)cc2)n1. The van der Waals surface area contributed by atoms with Crippen LogP contribution in [0.15, 0.2) is 54.9 Å². The molecule has 0 unspecified atom stereocenters. The summed E-state index contributed by atoms with van der Waals surface area (Å²) in [5.41, 5.74) is 10.6. The van der Waals surface area contributed by atoms with Gasteiger partial charge in [-0.15, -0.1) is 0 Å². The van der Waals surface area contributed by atoms with E-state index in [0.29, 0.717) is 18.8 Å². The molecule has 32 heavy (non-hydrogen) atoms. The molecule has 0 atom stereocenters. The Morgan fingerprint density at radius 3 is 2.50 bits per heavy atom. The normalized spacial score (nSPS) is 10.6. The van der Waals surface area contributed by atoms with Crippen LogP contribution >= 0.6 is 0 Å². The average Bonchev–Trinajstić information content (AvgIpc) is 2.81. The molecule has 0 aliphatic rings. The monoisotopic (exact) mass is 434 g/mol. The van der Waals surface area contributed by atoms with Gasteiger partial charge in [-0.05, 0) is 36.1 Å². The molecule has 1 aromatic heterocycles. The fourth-order valence-electron chi connectivity index (χ4n) is 3.31. The van der Waals surface area contributed by atoms with Gasteiger partial charge in [0.15, 0.2) is 5.75 Å². The fourth-order valence-corrected chi connectivity index (χ4v) is 3.31. The Labute approximate surface area is 189 Å². The Bertz CT molecular complexity index is 1040. The molecular formula is C25H30N4O3. The highest BCUT2D eigenvalue weighted by atomic mass is 17.2. The van der Waals surface area contributed by atoms with Crippen molar-refractivity contribution in [2.45, 2.75) is 46.7 Å². The lowest BCUT2D eigenvalue weighted by Gasteiger charge is -2.24. The minimum Gasteiger partial charge on any atom is -0.351 e. The van der Waals surface area contributed by atoms with Gasteiger partial charge in [0.1, 0.15) is 5.82 Å². The lowest BCUT2D eigenvalue weighted by Crippen LogP contribution is -2.25. The van der Waals surface area contributed by atoms with Gasteiger partial charge in [0.2, 0.25) is 0 Å². The summed E-state index contributed by atoms with van der Waals surface area (Å²) in [5, 5.41) is 0. The van der Waals surface area contributed by atoms with Gasteiger partial charge in [0.25, 0.3) is 0 Å². The summed E-state index contributed by atoms with van der Waals surface area (Å²) in [4.78, 5) is 32.3. The van der Waals surface area contributed by atoms with E-state index < -0.39 is 5.97 Å². The van der Waals surface area contributed by atoms with Gasteiger partial charge in [-0.3, -0.25) is 14.8 Å². The summed E-state index contributed by atoms with van der Waals surface area (Å²) < 4.78 is 0. The van der Waals surface area contributed by atoms with Gasteiger partial charge >= 0.3 is 5.97 Å². The number of aromatic nitrogens is 2. The van der Waals surface area contributed by atoms with Crippen molar-refractivity contribution in [3.8, 4) is 17.0 Å². The van der Waals surface area contributed by atoms with Crippen molar-refractivity contribution < 1.29 is 14.6 Å². The van der Waals surface area contributed by atoms with Crippen molar-refractivity contribution in [1.29, 1.82) is 0 Å². The molecule has 168 valence electrons. The lowest BCUT2D eigenvalue weighted by molar-refractivity contribution is -0.211. The van der Waals surface area contributed by atoms with E-state index in [2.05, 4.69) is 21.7 Å². The van der Waals surface area contributed by atoms with E-state index in [1.54, 1.807) is 12.4 Å². The van der Waals surface area contributed by atoms with Gasteiger partial charge in [-0.25, -0.2) is 9.78 Å². The predicted octanol–water partition coefficient (Wildman–Crippen LogP) is 4.57. The van der Waals surface area contributed by atoms with Crippen molar-refractivity contribution in [3.63, 3.8) is 0 Å². The third-order valence-electron chi connectivity index (χ3n) is 5.07. The summed E-state index contributed by atoms with van der Waals surface area (Å²) >= 11 is 0. The van der Waals surface area contributed by atoms with Gasteiger partial charge in [0, 0.05) is 32.1 Å². The van der Waals surface area contributed by atoms with Gasteiger partial charge in [-0.1, -0.05) is 49.7 Å². The van der Waals surface area contributed by atoms with Crippen LogP contribution in [-0.2, 0) is 22.8 Å². The number of carbonyl (C=O) groups excluding carboxylic acids is 1. The zero-order valence-electron chi connectivity index (χ0n) is 18.9. The summed E-state index contributed by atoms with van der Waals surface area (Å²) in [6.07, 6.45) is 5.71. The van der Waals surface area contributed by atoms with Crippen LogP contribution < -0.4 is 15.5 Å². The summed E-state index contributed by atoms with van der Waals surface area (Å²) in [6.45, 7) is 7.46. The van der Waals surface area contributed by atoms with E-state index in [4.69, 9.17) is 15.6 Å². The molecule has 2 aromatic carbocycles. The molecule has 0 saturated carbocycles. The maximum absolute atomic E-state index is 11.0. The van der Waals surface area contributed by atoms with Crippen molar-refractivity contribution >= 4 is 11.8 Å². The second kappa shape index (κ2) is 11.2. The number of nitrogens with two attached hydrogens (primary N) is 1. The molecule has 0 aliphatic heterocycles. The lowest BCUT2D eigenvalue weighted by atomic mass is 10.1. The zero-order valence-corrected chi connectivity index (χ0v) is 18.9. The molecule has 0 bridgehead atoms. The van der Waals surface area contributed by atoms with Crippen LogP contribution in [0.25, 0.3) is 11.3 Å². The number of hydrogen-bond acceptors (Lipinski definition) is 7. The number of benzene rings is 2. The van der Waals surface area contributed by atoms with Crippen LogP contribution in [-0.4, -0.2) is 22.5 Å². The molecule has 0 radical (unpaired) electrons. The first-order valence-electron chi connectivity index (χ1n) is 10.8. The fraction of sp³-hybridized carbons (Fsp3) is 0.320. The largest absolute Gasteiger partial charge is 0.352 e. The van der Waals surface area contributed by atoms with Crippen LogP contribution in [0.4, 0.5) is 5.82 Å². The van der Waals surface area contributed by atoms with E-state index in [0.717, 1.165) is 53.2 Å². The topological polar surface area (TPSA) is 90.6 Å². The Morgan fingerprint density at radius 2 is 1.84 bits per heavy atom. The molecule has 7 heteroatoms. The predicted molar refractivity (Wildman–Crippen MR) is 125 cm³/mol. The second-order valence-corrected chi connectivity index (χ2v) is 7.70. The van der Waals surface area contributed by atoms with E-state index in [1.807, 2.05) is 49.4 Å². The maximum atomic E-state index is 11.0. The number of hydrogen-bond donors (Lipinski definition) is 1. The second-order valence-electron chi connectivity index (χ2n) is 7.70. The molecule has 0 amide bonds. The first-order valence-corrected chi connectivity index (χ1v) is 10.8. The van der Waals surface area contributed by atoms with E-state index >= 15 is 0 Å². The van der Waals surface area contributed by atoms with Crippen molar-refractivity contribution in [3.05, 3.63) is 71.5 Å². The first-order chi connectivity index (χ1) is 15.5. The smallest absolute Gasteiger partial charge is 0.351 e. The first kappa shape index (κ1) is 23.2. The molecule has 3 aromatic rings. The highest BCUT2D eigenvalue weighted by Gasteiger charge is 2.13. The molecular weight excluding hydrogens is 404 g/mol. The number of unbranched alkanes of at least 4 members (excludes halogenated alkanes) is 1. The minimum absolute atomic E-state index is 0.490. The number of rotatable bonds is 10. The van der Waals surface area contributed by atoms with E-state index in [1.165, 1.54) is 6.92 Å². The third-order valence-corrected chi connectivity index (χ3v) is 5.07. The zero-order chi connectivity index (χ0) is 22.9. The summed E-state index contributed by atoms with van der Waals surface area (Å²) in [5.74, 6) is 0.860. The molecule has 7 nitrogen and oxygen atoms in total. The van der Waals surface area contributed by atoms with Crippen molar-refractivity contribution in [2.24, 2.45) is 5.73 Å². The highest BCUT2D eigenvalue weighted by Crippen LogP contribution is 2.24.